The summed E-state index contributed by atoms with van der Waals surface area (Å²) < 4.78 is 0. The zero-order chi connectivity index (χ0) is 20.6. The summed E-state index contributed by atoms with van der Waals surface area (Å²) in [5.74, 6) is 0.854. The van der Waals surface area contributed by atoms with Crippen LogP contribution < -0.4 is 15.5 Å². The van der Waals surface area contributed by atoms with E-state index >= 15 is 0 Å². The van der Waals surface area contributed by atoms with E-state index in [-0.39, 0.29) is 5.91 Å². The van der Waals surface area contributed by atoms with Crippen LogP contribution >= 0.6 is 0 Å². The second-order valence-electron chi connectivity index (χ2n) is 7.56. The number of rotatable bonds is 6. The first-order valence-corrected chi connectivity index (χ1v) is 10.1. The lowest BCUT2D eigenvalue weighted by Crippen LogP contribution is -2.45. The van der Waals surface area contributed by atoms with Gasteiger partial charge in [0.25, 0.3) is 5.91 Å². The van der Waals surface area contributed by atoms with Crippen LogP contribution in [0.4, 0.5) is 5.69 Å². The lowest BCUT2D eigenvalue weighted by atomic mass is 10.1. The second kappa shape index (κ2) is 9.96. The molecule has 1 heterocycles. The fourth-order valence-corrected chi connectivity index (χ4v) is 3.58. The predicted molar refractivity (Wildman–Crippen MR) is 120 cm³/mol. The molecule has 0 aromatic heterocycles. The highest BCUT2D eigenvalue weighted by atomic mass is 16.2. The third-order valence-electron chi connectivity index (χ3n) is 5.16. The summed E-state index contributed by atoms with van der Waals surface area (Å²) in [6.45, 7) is 2.78. The minimum Gasteiger partial charge on any atom is -0.369 e. The summed E-state index contributed by atoms with van der Waals surface area (Å²) in [5.41, 5.74) is 3.13. The summed E-state index contributed by atoms with van der Waals surface area (Å²) in [4.78, 5) is 20.5. The van der Waals surface area contributed by atoms with Crippen molar-refractivity contribution in [2.45, 2.75) is 18.9 Å². The minimum atomic E-state index is 0.0292. The van der Waals surface area contributed by atoms with Gasteiger partial charge in [0, 0.05) is 58.1 Å². The van der Waals surface area contributed by atoms with Gasteiger partial charge in [-0.15, -0.1) is 0 Å². The van der Waals surface area contributed by atoms with Crippen LogP contribution in [-0.2, 0) is 6.42 Å². The average molecular weight is 394 g/mol. The van der Waals surface area contributed by atoms with E-state index in [0.717, 1.165) is 49.6 Å². The number of benzene rings is 2. The number of para-hydroxylation sites is 1. The Labute approximate surface area is 173 Å². The molecule has 3 rings (SSSR count). The van der Waals surface area contributed by atoms with Crippen molar-refractivity contribution in [3.05, 3.63) is 65.7 Å². The Balaban J connectivity index is 1.47. The zero-order valence-corrected chi connectivity index (χ0v) is 17.6. The molecule has 1 aliphatic heterocycles. The molecular formula is C23H31N5O. The number of aliphatic imine (C=N–C) groups is 1. The van der Waals surface area contributed by atoms with Crippen LogP contribution in [0.15, 0.2) is 59.6 Å². The third-order valence-corrected chi connectivity index (χ3v) is 5.16. The molecule has 2 N–H and O–H groups in total. The summed E-state index contributed by atoms with van der Waals surface area (Å²) in [7, 11) is 5.35. The topological polar surface area (TPSA) is 60.0 Å². The molecule has 1 atom stereocenters. The highest BCUT2D eigenvalue weighted by molar-refractivity contribution is 5.94. The fraction of sp³-hybridized carbons (Fsp3) is 0.391. The first kappa shape index (κ1) is 20.7. The maximum Gasteiger partial charge on any atom is 0.253 e. The van der Waals surface area contributed by atoms with Gasteiger partial charge in [-0.1, -0.05) is 30.3 Å². The SMILES string of the molecule is CN=C(NCCc1cccc(C(=O)N(C)C)c1)NC1CCN(c2ccccc2)C1. The molecule has 29 heavy (non-hydrogen) atoms. The van der Waals surface area contributed by atoms with E-state index in [1.54, 1.807) is 26.0 Å². The quantitative estimate of drug-likeness (QED) is 0.584. The molecule has 0 spiro atoms. The van der Waals surface area contributed by atoms with Gasteiger partial charge < -0.3 is 20.4 Å². The van der Waals surface area contributed by atoms with Crippen LogP contribution in [0.5, 0.6) is 0 Å². The number of guanidine groups is 1. The Kier molecular flexibility index (Phi) is 7.11. The van der Waals surface area contributed by atoms with Gasteiger partial charge >= 0.3 is 0 Å². The average Bonchev–Trinajstić information content (AvgIpc) is 3.22. The number of hydrogen-bond acceptors (Lipinski definition) is 3. The third kappa shape index (κ3) is 5.73. The van der Waals surface area contributed by atoms with Gasteiger partial charge in [0.1, 0.15) is 0 Å². The molecule has 1 amide bonds. The van der Waals surface area contributed by atoms with Crippen molar-refractivity contribution in [2.75, 3.05) is 45.7 Å². The van der Waals surface area contributed by atoms with Crippen molar-refractivity contribution in [3.8, 4) is 0 Å². The predicted octanol–water partition coefficient (Wildman–Crippen LogP) is 2.37. The normalized spacial score (nSPS) is 16.6. The van der Waals surface area contributed by atoms with Crippen molar-refractivity contribution < 1.29 is 4.79 Å². The zero-order valence-electron chi connectivity index (χ0n) is 17.6. The monoisotopic (exact) mass is 393 g/mol. The number of carbonyl (C=O) groups is 1. The van der Waals surface area contributed by atoms with Gasteiger partial charge in [-0.2, -0.15) is 0 Å². The molecule has 1 fully saturated rings. The molecule has 0 aliphatic carbocycles. The molecule has 1 aliphatic rings. The first-order valence-electron chi connectivity index (χ1n) is 10.1. The van der Waals surface area contributed by atoms with Gasteiger partial charge in [-0.05, 0) is 42.7 Å². The molecule has 1 saturated heterocycles. The molecule has 2 aromatic rings. The number of carbonyl (C=O) groups excluding carboxylic acids is 1. The van der Waals surface area contributed by atoms with Crippen molar-refractivity contribution in [1.29, 1.82) is 0 Å². The molecule has 2 aromatic carbocycles. The summed E-state index contributed by atoms with van der Waals surface area (Å²) in [5, 5.41) is 6.93. The number of nitrogens with zero attached hydrogens (tertiary/aromatic N) is 3. The summed E-state index contributed by atoms with van der Waals surface area (Å²) in [6.07, 6.45) is 1.92. The molecule has 0 radical (unpaired) electrons. The van der Waals surface area contributed by atoms with Crippen molar-refractivity contribution >= 4 is 17.6 Å². The van der Waals surface area contributed by atoms with Crippen LogP contribution in [0.1, 0.15) is 22.3 Å². The number of hydrogen-bond donors (Lipinski definition) is 2. The molecule has 0 saturated carbocycles. The lowest BCUT2D eigenvalue weighted by molar-refractivity contribution is 0.0827. The van der Waals surface area contributed by atoms with E-state index in [9.17, 15) is 4.79 Å². The minimum absolute atomic E-state index is 0.0292. The van der Waals surface area contributed by atoms with Gasteiger partial charge in [0.15, 0.2) is 5.96 Å². The van der Waals surface area contributed by atoms with Crippen LogP contribution in [0.2, 0.25) is 0 Å². The van der Waals surface area contributed by atoms with E-state index in [0.29, 0.717) is 6.04 Å². The molecule has 154 valence electrons. The van der Waals surface area contributed by atoms with Gasteiger partial charge in [-0.25, -0.2) is 0 Å². The number of nitrogens with one attached hydrogen (secondary N) is 2. The Morgan fingerprint density at radius 2 is 1.97 bits per heavy atom. The van der Waals surface area contributed by atoms with E-state index < -0.39 is 0 Å². The van der Waals surface area contributed by atoms with E-state index in [4.69, 9.17) is 0 Å². The second-order valence-corrected chi connectivity index (χ2v) is 7.56. The van der Waals surface area contributed by atoms with Crippen LogP contribution in [0.25, 0.3) is 0 Å². The Hall–Kier alpha value is -3.02. The smallest absolute Gasteiger partial charge is 0.253 e. The maximum absolute atomic E-state index is 12.1. The van der Waals surface area contributed by atoms with E-state index in [1.165, 1.54) is 5.69 Å². The first-order chi connectivity index (χ1) is 14.1. The maximum atomic E-state index is 12.1. The van der Waals surface area contributed by atoms with Crippen molar-refractivity contribution in [1.82, 2.24) is 15.5 Å². The van der Waals surface area contributed by atoms with E-state index in [2.05, 4.69) is 50.9 Å². The largest absolute Gasteiger partial charge is 0.369 e. The lowest BCUT2D eigenvalue weighted by Gasteiger charge is -2.20. The molecule has 6 nitrogen and oxygen atoms in total. The van der Waals surface area contributed by atoms with Gasteiger partial charge in [0.2, 0.25) is 0 Å². The van der Waals surface area contributed by atoms with E-state index in [1.807, 2.05) is 24.3 Å². The fourth-order valence-electron chi connectivity index (χ4n) is 3.58. The van der Waals surface area contributed by atoms with Gasteiger partial charge in [0.05, 0.1) is 0 Å². The number of amides is 1. The van der Waals surface area contributed by atoms with Crippen LogP contribution in [0.3, 0.4) is 0 Å². The summed E-state index contributed by atoms with van der Waals surface area (Å²) in [6, 6.07) is 18.7. The molecular weight excluding hydrogens is 362 g/mol. The van der Waals surface area contributed by atoms with Crippen molar-refractivity contribution in [2.24, 2.45) is 4.99 Å². The standard InChI is InChI=1S/C23H31N5O/c1-24-23(26-20-13-15-28(17-20)21-10-5-4-6-11-21)25-14-12-18-8-7-9-19(16-18)22(29)27(2)3/h4-11,16,20H,12-15,17H2,1-3H3,(H2,24,25,26). The van der Waals surface area contributed by atoms with Crippen molar-refractivity contribution in [3.63, 3.8) is 0 Å². The van der Waals surface area contributed by atoms with Crippen LogP contribution in [-0.4, -0.2) is 63.6 Å². The number of anilines is 1. The molecule has 6 heteroatoms. The highest BCUT2D eigenvalue weighted by Gasteiger charge is 2.23. The highest BCUT2D eigenvalue weighted by Crippen LogP contribution is 2.19. The Bertz CT molecular complexity index is 834. The summed E-state index contributed by atoms with van der Waals surface area (Å²) >= 11 is 0. The van der Waals surface area contributed by atoms with Crippen LogP contribution in [0, 0.1) is 0 Å². The molecule has 1 unspecified atom stereocenters. The van der Waals surface area contributed by atoms with Gasteiger partial charge in [-0.3, -0.25) is 9.79 Å². The Morgan fingerprint density at radius 3 is 2.69 bits per heavy atom. The Morgan fingerprint density at radius 1 is 1.17 bits per heavy atom. The molecule has 0 bridgehead atoms.